The molecule has 0 spiro atoms. The Labute approximate surface area is 129 Å². The van der Waals surface area contributed by atoms with Crippen LogP contribution in [0, 0.1) is 31.0 Å². The Kier molecular flexibility index (Phi) is 4.43. The fourth-order valence-electron chi connectivity index (χ4n) is 1.97. The summed E-state index contributed by atoms with van der Waals surface area (Å²) in [5, 5.41) is 9.23. The van der Waals surface area contributed by atoms with E-state index in [1.807, 2.05) is 32.0 Å². The van der Waals surface area contributed by atoms with Gasteiger partial charge in [0.15, 0.2) is 0 Å². The molecule has 2 rings (SSSR count). The molecule has 0 aliphatic rings. The fraction of sp³-hybridized carbons (Fsp3) is 0.118. The molecule has 0 saturated carbocycles. The third-order valence-corrected chi connectivity index (χ3v) is 4.93. The van der Waals surface area contributed by atoms with Crippen LogP contribution in [0.5, 0.6) is 0 Å². The van der Waals surface area contributed by atoms with Gasteiger partial charge in [-0.1, -0.05) is 23.8 Å². The number of halogens is 1. The Morgan fingerprint density at radius 3 is 2.36 bits per heavy atom. The molecule has 0 fully saturated rings. The maximum absolute atomic E-state index is 12.9. The predicted molar refractivity (Wildman–Crippen MR) is 83.1 cm³/mol. The molecule has 112 valence electrons. The lowest BCUT2D eigenvalue weighted by molar-refractivity contribution is 0.601. The third kappa shape index (κ3) is 3.23. The maximum Gasteiger partial charge on any atom is 0.216 e. The predicted octanol–water partition coefficient (Wildman–Crippen LogP) is 3.78. The number of benzene rings is 2. The molecular formula is C17H14FNO2S. The molecule has 0 bridgehead atoms. The van der Waals surface area contributed by atoms with Crippen molar-refractivity contribution in [2.45, 2.75) is 18.7 Å². The Morgan fingerprint density at radius 2 is 1.77 bits per heavy atom. The van der Waals surface area contributed by atoms with Gasteiger partial charge < -0.3 is 0 Å². The van der Waals surface area contributed by atoms with E-state index < -0.39 is 15.7 Å². The Morgan fingerprint density at radius 1 is 1.14 bits per heavy atom. The van der Waals surface area contributed by atoms with Crippen LogP contribution in [0.1, 0.15) is 16.7 Å². The van der Waals surface area contributed by atoms with E-state index in [-0.39, 0.29) is 9.80 Å². The highest BCUT2D eigenvalue weighted by atomic mass is 32.2. The van der Waals surface area contributed by atoms with Gasteiger partial charge in [-0.15, -0.1) is 0 Å². The molecule has 0 atom stereocenters. The number of nitrogens with zero attached hydrogens (tertiary/aromatic N) is 1. The SMILES string of the molecule is Cc1ccc(C)c(C=C(C#N)S(=O)(=O)c2ccc(F)cc2)c1. The molecule has 22 heavy (non-hydrogen) atoms. The molecule has 0 unspecified atom stereocenters. The molecular weight excluding hydrogens is 301 g/mol. The van der Waals surface area contributed by atoms with E-state index in [9.17, 15) is 18.1 Å². The smallest absolute Gasteiger partial charge is 0.216 e. The van der Waals surface area contributed by atoms with Gasteiger partial charge >= 0.3 is 0 Å². The lowest BCUT2D eigenvalue weighted by Gasteiger charge is -2.05. The number of allylic oxidation sites excluding steroid dienone is 1. The molecule has 0 aliphatic heterocycles. The van der Waals surface area contributed by atoms with Gasteiger partial charge in [0.05, 0.1) is 4.90 Å². The number of rotatable bonds is 3. The van der Waals surface area contributed by atoms with Crippen molar-refractivity contribution in [1.82, 2.24) is 0 Å². The van der Waals surface area contributed by atoms with Crippen molar-refractivity contribution in [3.05, 3.63) is 69.9 Å². The minimum absolute atomic E-state index is 0.105. The molecule has 0 aliphatic carbocycles. The van der Waals surface area contributed by atoms with Crippen LogP contribution in [0.3, 0.4) is 0 Å². The van der Waals surface area contributed by atoms with Crippen LogP contribution in [-0.2, 0) is 9.84 Å². The van der Waals surface area contributed by atoms with Gasteiger partial charge in [-0.3, -0.25) is 0 Å². The van der Waals surface area contributed by atoms with Crippen molar-refractivity contribution < 1.29 is 12.8 Å². The van der Waals surface area contributed by atoms with E-state index in [0.29, 0.717) is 5.56 Å². The third-order valence-electron chi connectivity index (χ3n) is 3.24. The fourth-order valence-corrected chi connectivity index (χ4v) is 3.12. The summed E-state index contributed by atoms with van der Waals surface area (Å²) in [6.07, 6.45) is 1.35. The zero-order valence-corrected chi connectivity index (χ0v) is 13.0. The highest BCUT2D eigenvalue weighted by molar-refractivity contribution is 7.95. The lowest BCUT2D eigenvalue weighted by Crippen LogP contribution is -2.04. The van der Waals surface area contributed by atoms with Crippen molar-refractivity contribution in [3.8, 4) is 6.07 Å². The molecule has 0 amide bonds. The van der Waals surface area contributed by atoms with E-state index in [1.54, 1.807) is 6.07 Å². The van der Waals surface area contributed by atoms with Crippen molar-refractivity contribution in [1.29, 1.82) is 5.26 Å². The maximum atomic E-state index is 12.9. The summed E-state index contributed by atoms with van der Waals surface area (Å²) in [7, 11) is -3.96. The average molecular weight is 315 g/mol. The van der Waals surface area contributed by atoms with Gasteiger partial charge in [0.1, 0.15) is 16.8 Å². The van der Waals surface area contributed by atoms with Crippen LogP contribution in [0.15, 0.2) is 52.3 Å². The minimum Gasteiger partial charge on any atom is -0.218 e. The summed E-state index contributed by atoms with van der Waals surface area (Å²) in [6.45, 7) is 3.72. The molecule has 3 nitrogen and oxygen atoms in total. The number of sulfone groups is 1. The summed E-state index contributed by atoms with van der Waals surface area (Å²) in [5.74, 6) is -0.532. The summed E-state index contributed by atoms with van der Waals surface area (Å²) in [4.78, 5) is -0.472. The summed E-state index contributed by atoms with van der Waals surface area (Å²) in [6, 6.07) is 11.7. The van der Waals surface area contributed by atoms with Gasteiger partial charge in [-0.25, -0.2) is 12.8 Å². The van der Waals surface area contributed by atoms with Crippen molar-refractivity contribution in [3.63, 3.8) is 0 Å². The Hall–Kier alpha value is -2.45. The van der Waals surface area contributed by atoms with Crippen LogP contribution in [0.2, 0.25) is 0 Å². The van der Waals surface area contributed by atoms with Gasteiger partial charge in [-0.2, -0.15) is 5.26 Å². The monoisotopic (exact) mass is 315 g/mol. The topological polar surface area (TPSA) is 57.9 Å². The van der Waals surface area contributed by atoms with Gasteiger partial charge in [0.25, 0.3) is 0 Å². The normalized spacial score (nSPS) is 12.0. The van der Waals surface area contributed by atoms with Gasteiger partial charge in [0, 0.05) is 0 Å². The average Bonchev–Trinajstić information content (AvgIpc) is 2.48. The van der Waals surface area contributed by atoms with E-state index in [4.69, 9.17) is 0 Å². The van der Waals surface area contributed by atoms with Crippen LogP contribution in [-0.4, -0.2) is 8.42 Å². The van der Waals surface area contributed by atoms with Crippen LogP contribution >= 0.6 is 0 Å². The molecule has 5 heteroatoms. The quantitative estimate of drug-likeness (QED) is 0.640. The number of hydrogen-bond acceptors (Lipinski definition) is 3. The van der Waals surface area contributed by atoms with E-state index in [0.717, 1.165) is 35.4 Å². The van der Waals surface area contributed by atoms with Gasteiger partial charge in [0.2, 0.25) is 9.84 Å². The molecule has 2 aromatic rings. The first-order valence-corrected chi connectivity index (χ1v) is 8.02. The zero-order chi connectivity index (χ0) is 16.3. The van der Waals surface area contributed by atoms with Crippen molar-refractivity contribution in [2.24, 2.45) is 0 Å². The molecule has 2 aromatic carbocycles. The first-order valence-electron chi connectivity index (χ1n) is 6.54. The highest BCUT2D eigenvalue weighted by Crippen LogP contribution is 2.23. The second-order valence-corrected chi connectivity index (χ2v) is 6.86. The van der Waals surface area contributed by atoms with E-state index in [2.05, 4.69) is 0 Å². The zero-order valence-electron chi connectivity index (χ0n) is 12.2. The molecule has 0 N–H and O–H groups in total. The standard InChI is InChI=1S/C17H14FNO2S/c1-12-3-4-13(2)14(9-12)10-17(11-19)22(20,21)16-7-5-15(18)6-8-16/h3-10H,1-2H3. The summed E-state index contributed by atoms with van der Waals surface area (Å²) >= 11 is 0. The van der Waals surface area contributed by atoms with Gasteiger partial charge in [-0.05, 0) is 55.3 Å². The Bertz CT molecular complexity index is 876. The van der Waals surface area contributed by atoms with Crippen molar-refractivity contribution in [2.75, 3.05) is 0 Å². The Balaban J connectivity index is 2.56. The number of nitriles is 1. The van der Waals surface area contributed by atoms with E-state index >= 15 is 0 Å². The highest BCUT2D eigenvalue weighted by Gasteiger charge is 2.21. The minimum atomic E-state index is -3.96. The van der Waals surface area contributed by atoms with E-state index in [1.165, 1.54) is 6.08 Å². The second-order valence-electron chi connectivity index (χ2n) is 4.94. The number of aryl methyl sites for hydroxylation is 2. The van der Waals surface area contributed by atoms with Crippen LogP contribution < -0.4 is 0 Å². The molecule has 0 radical (unpaired) electrons. The van der Waals surface area contributed by atoms with Crippen LogP contribution in [0.4, 0.5) is 4.39 Å². The number of hydrogen-bond donors (Lipinski definition) is 0. The summed E-state index contributed by atoms with van der Waals surface area (Å²) < 4.78 is 37.9. The van der Waals surface area contributed by atoms with Crippen LogP contribution in [0.25, 0.3) is 6.08 Å². The molecule has 0 heterocycles. The molecule has 0 saturated heterocycles. The lowest BCUT2D eigenvalue weighted by atomic mass is 10.1. The first kappa shape index (κ1) is 15.9. The largest absolute Gasteiger partial charge is 0.218 e. The summed E-state index contributed by atoms with van der Waals surface area (Å²) in [5.41, 5.74) is 2.50. The van der Waals surface area contributed by atoms with Crippen molar-refractivity contribution >= 4 is 15.9 Å². The molecule has 0 aromatic heterocycles. The second kappa shape index (κ2) is 6.12. The first-order chi connectivity index (χ1) is 10.3.